The molecule has 2 aromatic rings. The van der Waals surface area contributed by atoms with Gasteiger partial charge in [0.1, 0.15) is 0 Å². The number of aryl methyl sites for hydroxylation is 1. The molecule has 0 bridgehead atoms. The van der Waals surface area contributed by atoms with Crippen LogP contribution >= 0.6 is 0 Å². The van der Waals surface area contributed by atoms with Crippen molar-refractivity contribution >= 4 is 33.5 Å². The number of rotatable bonds is 9. The van der Waals surface area contributed by atoms with Crippen LogP contribution < -0.4 is 10.6 Å². The van der Waals surface area contributed by atoms with Gasteiger partial charge in [-0.1, -0.05) is 6.07 Å². The summed E-state index contributed by atoms with van der Waals surface area (Å²) in [6.45, 7) is 1.44. The van der Waals surface area contributed by atoms with Crippen molar-refractivity contribution in [3.05, 3.63) is 42.2 Å². The summed E-state index contributed by atoms with van der Waals surface area (Å²) in [5.41, 5.74) is 0.845. The molecule has 0 fully saturated rings. The highest BCUT2D eigenvalue weighted by molar-refractivity contribution is 7.89. The molecule has 0 unspecified atom stereocenters. The van der Waals surface area contributed by atoms with Gasteiger partial charge in [-0.15, -0.1) is 0 Å². The van der Waals surface area contributed by atoms with Crippen LogP contribution in [0.25, 0.3) is 0 Å². The molecule has 156 valence electrons. The average Bonchev–Trinajstić information content (AvgIpc) is 2.68. The van der Waals surface area contributed by atoms with Crippen LogP contribution in [0.5, 0.6) is 0 Å². The molecular weight excluding hydrogens is 398 g/mol. The number of nitrogens with one attached hydrogen (secondary N) is 2. The van der Waals surface area contributed by atoms with Crippen molar-refractivity contribution in [1.29, 1.82) is 0 Å². The van der Waals surface area contributed by atoms with E-state index >= 15 is 0 Å². The van der Waals surface area contributed by atoms with Crippen LogP contribution in [0.1, 0.15) is 12.0 Å². The summed E-state index contributed by atoms with van der Waals surface area (Å²) in [5.74, 6) is -0.751. The Bertz CT molecular complexity index is 964. The van der Waals surface area contributed by atoms with E-state index in [1.54, 1.807) is 37.5 Å². The lowest BCUT2D eigenvalue weighted by Crippen LogP contribution is -2.24. The van der Waals surface area contributed by atoms with Gasteiger partial charge in [-0.25, -0.2) is 22.7 Å². The van der Waals surface area contributed by atoms with E-state index in [4.69, 9.17) is 4.74 Å². The first-order chi connectivity index (χ1) is 13.7. The van der Waals surface area contributed by atoms with Gasteiger partial charge in [0.15, 0.2) is 6.61 Å². The topological polar surface area (TPSA) is 131 Å². The molecule has 0 aliphatic carbocycles. The largest absolute Gasteiger partial charge is 0.456 e. The van der Waals surface area contributed by atoms with Crippen LogP contribution in [0, 0.1) is 6.92 Å². The maximum absolute atomic E-state index is 12.3. The Hall–Kier alpha value is -3.05. The predicted molar refractivity (Wildman–Crippen MR) is 107 cm³/mol. The van der Waals surface area contributed by atoms with Gasteiger partial charge in [-0.05, 0) is 30.7 Å². The highest BCUT2D eigenvalue weighted by Crippen LogP contribution is 2.22. The van der Waals surface area contributed by atoms with E-state index in [-0.39, 0.29) is 17.9 Å². The molecule has 1 amide bonds. The first-order valence-electron chi connectivity index (χ1n) is 8.69. The van der Waals surface area contributed by atoms with Crippen molar-refractivity contribution in [1.82, 2.24) is 14.3 Å². The van der Waals surface area contributed by atoms with Crippen LogP contribution in [0.2, 0.25) is 0 Å². The van der Waals surface area contributed by atoms with E-state index < -0.39 is 28.5 Å². The second-order valence-corrected chi connectivity index (χ2v) is 8.35. The molecule has 0 spiro atoms. The first-order valence-corrected chi connectivity index (χ1v) is 10.1. The number of anilines is 2. The lowest BCUT2D eigenvalue weighted by atomic mass is 10.2. The summed E-state index contributed by atoms with van der Waals surface area (Å²) in [6.07, 6.45) is 3.16. The number of nitrogens with zero attached hydrogens (tertiary/aromatic N) is 3. The fourth-order valence-corrected chi connectivity index (χ4v) is 3.38. The van der Waals surface area contributed by atoms with E-state index in [0.29, 0.717) is 17.2 Å². The second kappa shape index (κ2) is 9.94. The summed E-state index contributed by atoms with van der Waals surface area (Å²) in [5, 5.41) is 5.38. The average molecular weight is 421 g/mol. The minimum Gasteiger partial charge on any atom is -0.456 e. The van der Waals surface area contributed by atoms with Crippen molar-refractivity contribution < 1.29 is 22.7 Å². The quantitative estimate of drug-likeness (QED) is 0.574. The molecular formula is C18H23N5O5S. The predicted octanol–water partition coefficient (Wildman–Crippen LogP) is 1.02. The van der Waals surface area contributed by atoms with Crippen LogP contribution in [-0.4, -0.2) is 61.8 Å². The van der Waals surface area contributed by atoms with E-state index in [1.807, 2.05) is 0 Å². The van der Waals surface area contributed by atoms with E-state index in [1.165, 1.54) is 20.2 Å². The lowest BCUT2D eigenvalue weighted by Gasteiger charge is -2.15. The van der Waals surface area contributed by atoms with Gasteiger partial charge in [-0.2, -0.15) is 0 Å². The van der Waals surface area contributed by atoms with Gasteiger partial charge in [-0.3, -0.25) is 9.59 Å². The Morgan fingerprint density at radius 2 is 1.86 bits per heavy atom. The van der Waals surface area contributed by atoms with Crippen molar-refractivity contribution in [2.45, 2.75) is 18.2 Å². The normalized spacial score (nSPS) is 11.2. The number of hydrogen-bond donors (Lipinski definition) is 2. The summed E-state index contributed by atoms with van der Waals surface area (Å²) in [4.78, 5) is 31.7. The number of benzene rings is 1. The number of carbonyl (C=O) groups is 2. The number of sulfonamides is 1. The van der Waals surface area contributed by atoms with Crippen molar-refractivity contribution in [3.8, 4) is 0 Å². The number of esters is 1. The molecule has 0 aliphatic rings. The molecule has 29 heavy (non-hydrogen) atoms. The summed E-state index contributed by atoms with van der Waals surface area (Å²) >= 11 is 0. The van der Waals surface area contributed by atoms with Crippen LogP contribution in [-0.2, 0) is 24.3 Å². The Labute approximate surface area is 169 Å². The monoisotopic (exact) mass is 421 g/mol. The molecule has 1 aromatic heterocycles. The molecule has 10 nitrogen and oxygen atoms in total. The summed E-state index contributed by atoms with van der Waals surface area (Å²) < 4.78 is 30.7. The van der Waals surface area contributed by atoms with Crippen LogP contribution in [0.15, 0.2) is 41.6 Å². The zero-order valence-electron chi connectivity index (χ0n) is 16.4. The van der Waals surface area contributed by atoms with Gasteiger partial charge < -0.3 is 15.4 Å². The molecule has 0 aliphatic heterocycles. The molecule has 2 N–H and O–H groups in total. The van der Waals surface area contributed by atoms with Gasteiger partial charge in [0.25, 0.3) is 5.91 Å². The maximum atomic E-state index is 12.3. The van der Waals surface area contributed by atoms with E-state index in [9.17, 15) is 18.0 Å². The highest BCUT2D eigenvalue weighted by atomic mass is 32.2. The van der Waals surface area contributed by atoms with Crippen molar-refractivity contribution in [2.24, 2.45) is 0 Å². The highest BCUT2D eigenvalue weighted by Gasteiger charge is 2.20. The fraction of sp³-hybridized carbons (Fsp3) is 0.333. The molecule has 1 aromatic carbocycles. The fourth-order valence-electron chi connectivity index (χ4n) is 2.23. The lowest BCUT2D eigenvalue weighted by molar-refractivity contribution is -0.147. The van der Waals surface area contributed by atoms with Gasteiger partial charge in [0, 0.05) is 38.7 Å². The minimum absolute atomic E-state index is 0.0291. The van der Waals surface area contributed by atoms with Crippen LogP contribution in [0.3, 0.4) is 0 Å². The number of ether oxygens (including phenoxy) is 1. The standard InChI is InChI=1S/C18H23N5O5S/c1-13-5-6-14(11-15(13)29(26,27)23(2)3)22-16(24)12-28-17(25)7-10-21-18-19-8-4-9-20-18/h4-6,8-9,11H,7,10,12H2,1-3H3,(H,22,24)(H,19,20,21). The number of hydrogen-bond acceptors (Lipinski definition) is 8. The Morgan fingerprint density at radius 1 is 1.17 bits per heavy atom. The number of aromatic nitrogens is 2. The van der Waals surface area contributed by atoms with Crippen LogP contribution in [0.4, 0.5) is 11.6 Å². The Morgan fingerprint density at radius 3 is 2.52 bits per heavy atom. The molecule has 11 heteroatoms. The van der Waals surface area contributed by atoms with Gasteiger partial charge >= 0.3 is 5.97 Å². The molecule has 2 rings (SSSR count). The first kappa shape index (κ1) is 22.2. The molecule has 0 saturated carbocycles. The Balaban J connectivity index is 1.84. The van der Waals surface area contributed by atoms with E-state index in [2.05, 4.69) is 20.6 Å². The van der Waals surface area contributed by atoms with Gasteiger partial charge in [0.05, 0.1) is 11.3 Å². The molecule has 0 saturated heterocycles. The summed E-state index contributed by atoms with van der Waals surface area (Å²) in [6, 6.07) is 6.21. The zero-order valence-corrected chi connectivity index (χ0v) is 17.2. The van der Waals surface area contributed by atoms with Gasteiger partial charge in [0.2, 0.25) is 16.0 Å². The summed E-state index contributed by atoms with van der Waals surface area (Å²) in [7, 11) is -0.788. The number of amides is 1. The van der Waals surface area contributed by atoms with Crippen molar-refractivity contribution in [2.75, 3.05) is 37.9 Å². The minimum atomic E-state index is -3.65. The SMILES string of the molecule is Cc1ccc(NC(=O)COC(=O)CCNc2ncccn2)cc1S(=O)(=O)N(C)C. The third-order valence-electron chi connectivity index (χ3n) is 3.77. The zero-order chi connectivity index (χ0) is 21.4. The molecule has 0 atom stereocenters. The molecule has 0 radical (unpaired) electrons. The third-order valence-corrected chi connectivity index (χ3v) is 5.73. The number of carbonyl (C=O) groups excluding carboxylic acids is 2. The third kappa shape index (κ3) is 6.50. The van der Waals surface area contributed by atoms with E-state index in [0.717, 1.165) is 4.31 Å². The second-order valence-electron chi connectivity index (χ2n) is 6.23. The van der Waals surface area contributed by atoms with Crippen molar-refractivity contribution in [3.63, 3.8) is 0 Å². The smallest absolute Gasteiger partial charge is 0.308 e. The molecule has 1 heterocycles. The Kier molecular flexibility index (Phi) is 7.62. The maximum Gasteiger partial charge on any atom is 0.308 e.